The van der Waals surface area contributed by atoms with E-state index in [1.807, 2.05) is 4.90 Å². The van der Waals surface area contributed by atoms with Crippen molar-refractivity contribution in [1.29, 1.82) is 5.26 Å². The molecule has 4 heterocycles. The van der Waals surface area contributed by atoms with Crippen LogP contribution in [0.5, 0.6) is 5.88 Å². The van der Waals surface area contributed by atoms with Crippen LogP contribution >= 0.6 is 0 Å². The molecule has 5 rings (SSSR count). The van der Waals surface area contributed by atoms with Gasteiger partial charge in [0.05, 0.1) is 5.56 Å². The number of alkyl halides is 3. The number of ether oxygens (including phenoxy) is 1. The highest BCUT2D eigenvalue weighted by Crippen LogP contribution is 2.25. The molecule has 0 spiro atoms. The Morgan fingerprint density at radius 2 is 1.91 bits per heavy atom. The molecular weight excluding hydrogens is 443 g/mol. The number of nitrogens with one attached hydrogen (secondary N) is 2. The fraction of sp³-hybridized carbons (Fsp3) is 0.619. The number of hydrogen-bond acceptors (Lipinski definition) is 6. The van der Waals surface area contributed by atoms with Gasteiger partial charge in [-0.2, -0.15) is 18.4 Å². The van der Waals surface area contributed by atoms with Crippen LogP contribution in [0.25, 0.3) is 0 Å². The first-order chi connectivity index (χ1) is 15.7. The second kappa shape index (κ2) is 10.7. The van der Waals surface area contributed by atoms with E-state index >= 15 is 0 Å². The summed E-state index contributed by atoms with van der Waals surface area (Å²) in [6, 6.07) is 6.65. The molecule has 2 unspecified atom stereocenters. The lowest BCUT2D eigenvalue weighted by Crippen LogP contribution is -2.64. The van der Waals surface area contributed by atoms with Gasteiger partial charge in [-0.3, -0.25) is 0 Å². The van der Waals surface area contributed by atoms with E-state index in [9.17, 15) is 18.0 Å². The van der Waals surface area contributed by atoms with Crippen LogP contribution in [-0.2, 0) is 4.79 Å². The zero-order chi connectivity index (χ0) is 24.0. The second-order valence-corrected chi connectivity index (χ2v) is 8.33. The van der Waals surface area contributed by atoms with E-state index in [-0.39, 0.29) is 18.2 Å². The number of piperazine rings is 1. The van der Waals surface area contributed by atoms with Crippen molar-refractivity contribution in [2.75, 3.05) is 13.1 Å². The highest BCUT2D eigenvalue weighted by Gasteiger charge is 2.38. The Morgan fingerprint density at radius 3 is 2.36 bits per heavy atom. The van der Waals surface area contributed by atoms with Crippen molar-refractivity contribution < 1.29 is 32.6 Å². The molecule has 2 bridgehead atoms. The molecule has 3 saturated heterocycles. The van der Waals surface area contributed by atoms with E-state index in [0.29, 0.717) is 23.5 Å². The van der Waals surface area contributed by atoms with Crippen molar-refractivity contribution in [2.24, 2.45) is 0 Å². The SMILES string of the molecule is N#Cc1ccc(OC2CCC(NC(=O)N3CC4CCC3CN4)CC2)nc1.O=C(O)C(F)(F)F. The Bertz CT molecular complexity index is 858. The van der Waals surface area contributed by atoms with Gasteiger partial charge in [-0.15, -0.1) is 0 Å². The third kappa shape index (κ3) is 6.95. The maximum atomic E-state index is 12.6. The molecule has 4 aliphatic rings. The molecular formula is C21H26F3N5O4. The van der Waals surface area contributed by atoms with Gasteiger partial charge in [-0.25, -0.2) is 14.6 Å². The first-order valence-electron chi connectivity index (χ1n) is 10.8. The highest BCUT2D eigenvalue weighted by molar-refractivity contribution is 5.75. The van der Waals surface area contributed by atoms with Gasteiger partial charge in [0.25, 0.3) is 0 Å². The minimum atomic E-state index is -5.08. The summed E-state index contributed by atoms with van der Waals surface area (Å²) in [5, 5.41) is 22.6. The van der Waals surface area contributed by atoms with Crippen LogP contribution in [0.3, 0.4) is 0 Å². The number of carboxylic acid groups (broad SMARTS) is 1. The van der Waals surface area contributed by atoms with Crippen molar-refractivity contribution >= 4 is 12.0 Å². The fourth-order valence-corrected chi connectivity index (χ4v) is 4.23. The highest BCUT2D eigenvalue weighted by atomic mass is 19.4. The molecule has 2 amide bonds. The number of urea groups is 1. The van der Waals surface area contributed by atoms with Crippen molar-refractivity contribution in [1.82, 2.24) is 20.5 Å². The molecule has 0 radical (unpaired) electrons. The standard InChI is InChI=1S/C19H25N5O2.C2HF3O2/c20-9-13-1-8-18(22-10-13)26-17-6-3-14(4-7-17)23-19(25)24-12-15-2-5-16(24)11-21-15;3-2(4,5)1(6)7/h1,8,10,14-17,21H,2-7,11-12H2,(H,23,25);(H,6,7). The van der Waals surface area contributed by atoms with Gasteiger partial charge in [0.15, 0.2) is 0 Å². The largest absolute Gasteiger partial charge is 0.490 e. The second-order valence-electron chi connectivity index (χ2n) is 8.33. The van der Waals surface area contributed by atoms with E-state index in [2.05, 4.69) is 21.7 Å². The Morgan fingerprint density at radius 1 is 1.21 bits per heavy atom. The molecule has 33 heavy (non-hydrogen) atoms. The lowest BCUT2D eigenvalue weighted by Gasteiger charge is -2.46. The number of carboxylic acids is 1. The fourth-order valence-electron chi connectivity index (χ4n) is 4.23. The zero-order valence-corrected chi connectivity index (χ0v) is 17.8. The van der Waals surface area contributed by atoms with Crippen molar-refractivity contribution in [3.63, 3.8) is 0 Å². The number of aliphatic carboxylic acids is 1. The summed E-state index contributed by atoms with van der Waals surface area (Å²) in [4.78, 5) is 27.7. The summed E-state index contributed by atoms with van der Waals surface area (Å²) in [5.41, 5.74) is 0.533. The molecule has 4 fully saturated rings. The molecule has 1 aromatic heterocycles. The summed E-state index contributed by atoms with van der Waals surface area (Å²) in [7, 11) is 0. The number of amides is 2. The van der Waals surface area contributed by atoms with E-state index in [1.165, 1.54) is 12.6 Å². The average molecular weight is 469 g/mol. The van der Waals surface area contributed by atoms with Crippen molar-refractivity contribution in [3.8, 4) is 11.9 Å². The number of nitrogens with zero attached hydrogens (tertiary/aromatic N) is 3. The predicted octanol–water partition coefficient (Wildman–Crippen LogP) is 2.42. The quantitative estimate of drug-likeness (QED) is 0.620. The van der Waals surface area contributed by atoms with Crippen LogP contribution in [0, 0.1) is 11.3 Å². The van der Waals surface area contributed by atoms with Crippen LogP contribution in [0.4, 0.5) is 18.0 Å². The third-order valence-corrected chi connectivity index (χ3v) is 6.01. The van der Waals surface area contributed by atoms with Gasteiger partial charge in [0.2, 0.25) is 5.88 Å². The molecule has 2 atom stereocenters. The minimum Gasteiger partial charge on any atom is -0.475 e. The van der Waals surface area contributed by atoms with Crippen LogP contribution in [0.15, 0.2) is 18.3 Å². The Balaban J connectivity index is 0.000000383. The molecule has 180 valence electrons. The predicted molar refractivity (Wildman–Crippen MR) is 109 cm³/mol. The first kappa shape index (κ1) is 24.6. The topological polar surface area (TPSA) is 128 Å². The van der Waals surface area contributed by atoms with Gasteiger partial charge < -0.3 is 25.4 Å². The Kier molecular flexibility index (Phi) is 7.97. The Hall–Kier alpha value is -3.07. The number of pyridine rings is 1. The number of nitriles is 1. The lowest BCUT2D eigenvalue weighted by atomic mass is 9.92. The molecule has 3 N–H and O–H groups in total. The first-order valence-corrected chi connectivity index (χ1v) is 10.8. The number of rotatable bonds is 3. The average Bonchev–Trinajstić information content (AvgIpc) is 2.81. The van der Waals surface area contributed by atoms with Gasteiger partial charge in [-0.1, -0.05) is 0 Å². The number of halogens is 3. The zero-order valence-electron chi connectivity index (χ0n) is 17.8. The normalized spacial score (nSPS) is 26.4. The molecule has 9 nitrogen and oxygen atoms in total. The summed E-state index contributed by atoms with van der Waals surface area (Å²) < 4.78 is 37.6. The maximum Gasteiger partial charge on any atom is 0.490 e. The number of piperidine rings is 2. The van der Waals surface area contributed by atoms with E-state index in [1.54, 1.807) is 12.1 Å². The van der Waals surface area contributed by atoms with Gasteiger partial charge in [-0.05, 0) is 44.6 Å². The maximum absolute atomic E-state index is 12.6. The molecule has 12 heteroatoms. The third-order valence-electron chi connectivity index (χ3n) is 6.01. The van der Waals surface area contributed by atoms with Crippen molar-refractivity contribution in [3.05, 3.63) is 23.9 Å². The van der Waals surface area contributed by atoms with Gasteiger partial charge in [0, 0.05) is 43.5 Å². The van der Waals surface area contributed by atoms with Crippen LogP contribution in [-0.4, -0.2) is 70.5 Å². The number of hydrogen-bond donors (Lipinski definition) is 3. The van der Waals surface area contributed by atoms with E-state index < -0.39 is 12.1 Å². The smallest absolute Gasteiger partial charge is 0.475 e. The van der Waals surface area contributed by atoms with Crippen molar-refractivity contribution in [2.45, 2.75) is 68.9 Å². The number of aromatic nitrogens is 1. The molecule has 1 aliphatic carbocycles. The molecule has 1 saturated carbocycles. The molecule has 0 aromatic carbocycles. The Labute approximate surface area is 188 Å². The number of carbonyl (C=O) groups excluding carboxylic acids is 1. The minimum absolute atomic E-state index is 0.0966. The lowest BCUT2D eigenvalue weighted by molar-refractivity contribution is -0.192. The number of fused-ring (bicyclic) bond motifs is 3. The van der Waals surface area contributed by atoms with Gasteiger partial charge in [0.1, 0.15) is 12.2 Å². The van der Waals surface area contributed by atoms with Crippen LogP contribution < -0.4 is 15.4 Å². The summed E-state index contributed by atoms with van der Waals surface area (Å²) in [5.74, 6) is -2.19. The summed E-state index contributed by atoms with van der Waals surface area (Å²) in [6.07, 6.45) is 2.52. The van der Waals surface area contributed by atoms with Crippen LogP contribution in [0.1, 0.15) is 44.1 Å². The molecule has 3 aliphatic heterocycles. The van der Waals surface area contributed by atoms with E-state index in [4.69, 9.17) is 19.9 Å². The molecule has 1 aromatic rings. The van der Waals surface area contributed by atoms with Gasteiger partial charge >= 0.3 is 18.2 Å². The summed E-state index contributed by atoms with van der Waals surface area (Å²) in [6.45, 7) is 1.76. The van der Waals surface area contributed by atoms with E-state index in [0.717, 1.165) is 45.2 Å². The number of carbonyl (C=O) groups is 2. The summed E-state index contributed by atoms with van der Waals surface area (Å²) >= 11 is 0. The van der Waals surface area contributed by atoms with Crippen LogP contribution in [0.2, 0.25) is 0 Å². The monoisotopic (exact) mass is 469 g/mol.